The minimum atomic E-state index is -1.24. The molecular weight excluding hydrogens is 560 g/mol. The molecule has 3 aliphatic rings. The molecule has 11 nitrogen and oxygen atoms in total. The molecule has 3 saturated heterocycles. The van der Waals surface area contributed by atoms with Crippen LogP contribution in [0.1, 0.15) is 36.9 Å². The lowest BCUT2D eigenvalue weighted by Crippen LogP contribution is -2.56. The fraction of sp³-hybridized carbons (Fsp3) is 0.364. The van der Waals surface area contributed by atoms with E-state index in [0.717, 1.165) is 11.1 Å². The molecule has 2 bridgehead atoms. The number of benzene rings is 3. The summed E-state index contributed by atoms with van der Waals surface area (Å²) in [6.07, 6.45) is 0.941. The second kappa shape index (κ2) is 10.8. The highest BCUT2D eigenvalue weighted by Crippen LogP contribution is 2.64. The van der Waals surface area contributed by atoms with Crippen LogP contribution < -0.4 is 10.6 Å². The van der Waals surface area contributed by atoms with Crippen LogP contribution in [-0.2, 0) is 32.3 Å². The van der Waals surface area contributed by atoms with Crippen molar-refractivity contribution in [2.45, 2.75) is 56.3 Å². The number of hydrogen-bond donors (Lipinski definition) is 3. The predicted molar refractivity (Wildman–Crippen MR) is 159 cm³/mol. The Morgan fingerprint density at radius 3 is 2.43 bits per heavy atom. The maximum Gasteiger partial charge on any atom is 0.247 e. The van der Waals surface area contributed by atoms with E-state index in [1.807, 2.05) is 91.9 Å². The van der Waals surface area contributed by atoms with Gasteiger partial charge in [-0.05, 0) is 43.0 Å². The molecule has 1 aromatic heterocycles. The van der Waals surface area contributed by atoms with Gasteiger partial charge in [-0.25, -0.2) is 4.68 Å². The molecule has 44 heavy (non-hydrogen) atoms. The Hall–Kier alpha value is -4.61. The van der Waals surface area contributed by atoms with Gasteiger partial charge in [-0.2, -0.15) is 0 Å². The molecule has 7 rings (SSSR count). The SMILES string of the molecule is C[C@]12CCC3(O1)C(C(=O)NCn1nnc4ccccc41)N([C@H](CO)c1ccccc1)C(=O)[C@@H]3[C@H]2C(=O)NCc1ccccc1. The number of aliphatic hydroxyl groups is 1. The van der Waals surface area contributed by atoms with E-state index in [4.69, 9.17) is 4.74 Å². The summed E-state index contributed by atoms with van der Waals surface area (Å²) in [5.41, 5.74) is 0.906. The zero-order valence-electron chi connectivity index (χ0n) is 24.3. The molecule has 1 spiro atoms. The van der Waals surface area contributed by atoms with Gasteiger partial charge in [0.1, 0.15) is 23.8 Å². The van der Waals surface area contributed by atoms with Crippen molar-refractivity contribution in [2.75, 3.05) is 6.61 Å². The highest BCUT2D eigenvalue weighted by atomic mass is 16.5. The van der Waals surface area contributed by atoms with Crippen LogP contribution in [0.15, 0.2) is 84.9 Å². The number of carbonyl (C=O) groups is 3. The first-order valence-electron chi connectivity index (χ1n) is 14.9. The van der Waals surface area contributed by atoms with Crippen LogP contribution in [0.25, 0.3) is 11.0 Å². The van der Waals surface area contributed by atoms with Crippen LogP contribution in [-0.4, -0.2) is 66.6 Å². The third-order valence-electron chi connectivity index (χ3n) is 9.57. The minimum absolute atomic E-state index is 0.0199. The van der Waals surface area contributed by atoms with E-state index in [1.165, 1.54) is 4.90 Å². The van der Waals surface area contributed by atoms with E-state index in [9.17, 15) is 19.5 Å². The van der Waals surface area contributed by atoms with Crippen LogP contribution in [0.2, 0.25) is 0 Å². The Morgan fingerprint density at radius 2 is 1.68 bits per heavy atom. The Labute approximate surface area is 254 Å². The summed E-state index contributed by atoms with van der Waals surface area (Å²) < 4.78 is 8.31. The van der Waals surface area contributed by atoms with Gasteiger partial charge in [-0.1, -0.05) is 78.0 Å². The quantitative estimate of drug-likeness (QED) is 0.270. The number of para-hydroxylation sites is 1. The third-order valence-corrected chi connectivity index (χ3v) is 9.57. The number of aliphatic hydroxyl groups excluding tert-OH is 1. The zero-order chi connectivity index (χ0) is 30.5. The number of likely N-dealkylation sites (tertiary alicyclic amines) is 1. The zero-order valence-corrected chi connectivity index (χ0v) is 24.3. The number of nitrogens with one attached hydrogen (secondary N) is 2. The highest BCUT2D eigenvalue weighted by Gasteiger charge is 2.78. The van der Waals surface area contributed by atoms with Crippen molar-refractivity contribution in [2.24, 2.45) is 11.8 Å². The second-order valence-corrected chi connectivity index (χ2v) is 12.1. The number of carbonyl (C=O) groups excluding carboxylic acids is 3. The average molecular weight is 595 g/mol. The van der Waals surface area contributed by atoms with Crippen molar-refractivity contribution < 1.29 is 24.2 Å². The Kier molecular flexibility index (Phi) is 6.94. The van der Waals surface area contributed by atoms with Crippen LogP contribution in [0.5, 0.6) is 0 Å². The van der Waals surface area contributed by atoms with E-state index >= 15 is 0 Å². The first kappa shape index (κ1) is 28.2. The smallest absolute Gasteiger partial charge is 0.247 e. The van der Waals surface area contributed by atoms with Crippen molar-refractivity contribution in [1.82, 2.24) is 30.5 Å². The minimum Gasteiger partial charge on any atom is -0.394 e. The first-order valence-corrected chi connectivity index (χ1v) is 14.9. The van der Waals surface area contributed by atoms with Gasteiger partial charge in [0.15, 0.2) is 0 Å². The Morgan fingerprint density at radius 1 is 0.977 bits per heavy atom. The molecule has 226 valence electrons. The van der Waals surface area contributed by atoms with Crippen LogP contribution in [0.4, 0.5) is 0 Å². The van der Waals surface area contributed by atoms with Crippen LogP contribution in [0, 0.1) is 11.8 Å². The van der Waals surface area contributed by atoms with Gasteiger partial charge in [0.2, 0.25) is 17.7 Å². The second-order valence-electron chi connectivity index (χ2n) is 12.1. The lowest BCUT2D eigenvalue weighted by Gasteiger charge is -2.37. The lowest BCUT2D eigenvalue weighted by atomic mass is 9.66. The summed E-state index contributed by atoms with van der Waals surface area (Å²) in [5, 5.41) is 25.0. The van der Waals surface area contributed by atoms with E-state index in [0.29, 0.717) is 30.5 Å². The summed E-state index contributed by atoms with van der Waals surface area (Å²) in [6, 6.07) is 24.2. The average Bonchev–Trinajstić information content (AvgIpc) is 3.76. The molecule has 0 aliphatic carbocycles. The summed E-state index contributed by atoms with van der Waals surface area (Å²) in [6.45, 7) is 1.79. The van der Waals surface area contributed by atoms with Crippen LogP contribution in [0.3, 0.4) is 0 Å². The molecule has 6 atom stereocenters. The molecule has 3 aliphatic heterocycles. The largest absolute Gasteiger partial charge is 0.394 e. The Balaban J connectivity index is 1.24. The normalized spacial score (nSPS) is 27.8. The van der Waals surface area contributed by atoms with Crippen molar-refractivity contribution in [3.63, 3.8) is 0 Å². The predicted octanol–water partition coefficient (Wildman–Crippen LogP) is 2.32. The third kappa shape index (κ3) is 4.37. The number of aromatic nitrogens is 3. The maximum atomic E-state index is 14.5. The van der Waals surface area contributed by atoms with Gasteiger partial charge in [0, 0.05) is 6.54 Å². The van der Waals surface area contributed by atoms with Crippen molar-refractivity contribution in [3.8, 4) is 0 Å². The van der Waals surface area contributed by atoms with Gasteiger partial charge in [0.25, 0.3) is 0 Å². The van der Waals surface area contributed by atoms with Crippen molar-refractivity contribution >= 4 is 28.8 Å². The molecule has 4 heterocycles. The van der Waals surface area contributed by atoms with Crippen LogP contribution >= 0.6 is 0 Å². The number of nitrogens with zero attached hydrogens (tertiary/aromatic N) is 4. The van der Waals surface area contributed by atoms with Crippen molar-refractivity contribution in [1.29, 1.82) is 0 Å². The lowest BCUT2D eigenvalue weighted by molar-refractivity contribution is -0.150. The van der Waals surface area contributed by atoms with E-state index in [1.54, 1.807) is 4.68 Å². The molecular formula is C33H34N6O5. The highest BCUT2D eigenvalue weighted by molar-refractivity contribution is 5.99. The molecule has 3 N–H and O–H groups in total. The number of amides is 3. The summed E-state index contributed by atoms with van der Waals surface area (Å²) in [4.78, 5) is 44.1. The van der Waals surface area contributed by atoms with Crippen molar-refractivity contribution in [3.05, 3.63) is 96.1 Å². The molecule has 0 saturated carbocycles. The van der Waals surface area contributed by atoms with E-state index in [2.05, 4.69) is 20.9 Å². The molecule has 0 radical (unpaired) electrons. The first-order chi connectivity index (χ1) is 21.4. The summed E-state index contributed by atoms with van der Waals surface area (Å²) in [7, 11) is 0. The molecule has 4 aromatic rings. The molecule has 11 heteroatoms. The topological polar surface area (TPSA) is 139 Å². The fourth-order valence-electron chi connectivity index (χ4n) is 7.61. The number of fused-ring (bicyclic) bond motifs is 2. The number of ether oxygens (including phenoxy) is 1. The molecule has 3 aromatic carbocycles. The summed E-state index contributed by atoms with van der Waals surface area (Å²) in [5.74, 6) is -2.79. The molecule has 3 fully saturated rings. The van der Waals surface area contributed by atoms with Gasteiger partial charge in [-0.3, -0.25) is 14.4 Å². The standard InChI is InChI=1S/C33H34N6O5/c1-32-16-17-33(44-32)27(26(32)29(41)34-18-21-10-4-2-5-11-21)31(43)39(25(19-40)22-12-6-3-7-13-22)28(33)30(42)35-20-38-24-15-9-8-14-23(24)36-37-38/h2-15,25-28,40H,16-20H2,1H3,(H,34,41)(H,35,42)/t25-,26+,27+,28?,32-,33?/m1/s1. The van der Waals surface area contributed by atoms with Gasteiger partial charge in [0.05, 0.1) is 35.6 Å². The van der Waals surface area contributed by atoms with E-state index < -0.39 is 47.6 Å². The molecule has 3 amide bonds. The number of rotatable bonds is 9. The summed E-state index contributed by atoms with van der Waals surface area (Å²) >= 11 is 0. The molecule has 2 unspecified atom stereocenters. The van der Waals surface area contributed by atoms with Gasteiger partial charge < -0.3 is 25.4 Å². The monoisotopic (exact) mass is 594 g/mol. The van der Waals surface area contributed by atoms with Gasteiger partial charge in [-0.15, -0.1) is 5.10 Å². The fourth-order valence-corrected chi connectivity index (χ4v) is 7.61. The maximum absolute atomic E-state index is 14.5. The van der Waals surface area contributed by atoms with E-state index in [-0.39, 0.29) is 18.5 Å². The Bertz CT molecular complexity index is 1710. The van der Waals surface area contributed by atoms with Gasteiger partial charge >= 0.3 is 0 Å². The number of hydrogen-bond acceptors (Lipinski definition) is 7.